The summed E-state index contributed by atoms with van der Waals surface area (Å²) in [5, 5.41) is 2.90. The molecule has 1 aliphatic rings. The maximum Gasteiger partial charge on any atom is 0.227 e. The third kappa shape index (κ3) is 5.29. The van der Waals surface area contributed by atoms with Crippen molar-refractivity contribution < 1.29 is 9.59 Å². The SMILES string of the molecule is C[C@@H](CN)NC(=O)C1CCCN(C(=O)C(C)(C)C)C1.Cl. The third-order valence-corrected chi connectivity index (χ3v) is 3.46. The number of hydrogen-bond donors (Lipinski definition) is 2. The van der Waals surface area contributed by atoms with Crippen LogP contribution >= 0.6 is 12.4 Å². The zero-order valence-electron chi connectivity index (χ0n) is 12.9. The van der Waals surface area contributed by atoms with Crippen LogP contribution in [0, 0.1) is 11.3 Å². The van der Waals surface area contributed by atoms with E-state index in [0.717, 1.165) is 19.4 Å². The minimum Gasteiger partial charge on any atom is -0.352 e. The van der Waals surface area contributed by atoms with Gasteiger partial charge in [0.25, 0.3) is 0 Å². The van der Waals surface area contributed by atoms with Gasteiger partial charge in [0.05, 0.1) is 5.92 Å². The van der Waals surface area contributed by atoms with E-state index in [4.69, 9.17) is 5.73 Å². The molecule has 0 spiro atoms. The summed E-state index contributed by atoms with van der Waals surface area (Å²) in [5.74, 6) is 0.0373. The van der Waals surface area contributed by atoms with Crippen LogP contribution in [-0.4, -0.2) is 42.4 Å². The zero-order chi connectivity index (χ0) is 14.6. The van der Waals surface area contributed by atoms with Crippen molar-refractivity contribution in [2.24, 2.45) is 17.1 Å². The van der Waals surface area contributed by atoms with Gasteiger partial charge in [-0.05, 0) is 19.8 Å². The van der Waals surface area contributed by atoms with Gasteiger partial charge >= 0.3 is 0 Å². The van der Waals surface area contributed by atoms with E-state index >= 15 is 0 Å². The third-order valence-electron chi connectivity index (χ3n) is 3.46. The Morgan fingerprint density at radius 1 is 1.40 bits per heavy atom. The standard InChI is InChI=1S/C14H27N3O2.ClH/c1-10(8-15)16-12(18)11-6-5-7-17(9-11)13(19)14(2,3)4;/h10-11H,5-9,15H2,1-4H3,(H,16,18);1H/t10-,11?;/m0./s1. The van der Waals surface area contributed by atoms with Gasteiger partial charge in [0.1, 0.15) is 0 Å². The Bertz CT molecular complexity index is 342. The van der Waals surface area contributed by atoms with Gasteiger partial charge < -0.3 is 16.0 Å². The second-order valence-electron chi connectivity index (χ2n) is 6.49. The van der Waals surface area contributed by atoms with Crippen LogP contribution in [0.15, 0.2) is 0 Å². The molecule has 1 rings (SSSR count). The average molecular weight is 306 g/mol. The normalized spacial score (nSPS) is 20.9. The number of nitrogens with two attached hydrogens (primary N) is 1. The summed E-state index contributed by atoms with van der Waals surface area (Å²) in [5.41, 5.74) is 5.12. The van der Waals surface area contributed by atoms with Crippen molar-refractivity contribution in [1.82, 2.24) is 10.2 Å². The molecule has 3 N–H and O–H groups in total. The first kappa shape index (κ1) is 19.2. The molecule has 0 aromatic rings. The summed E-state index contributed by atoms with van der Waals surface area (Å²) in [6.07, 6.45) is 1.73. The van der Waals surface area contributed by atoms with E-state index in [2.05, 4.69) is 5.32 Å². The van der Waals surface area contributed by atoms with Crippen LogP contribution in [-0.2, 0) is 9.59 Å². The fourth-order valence-corrected chi connectivity index (χ4v) is 2.27. The van der Waals surface area contributed by atoms with Gasteiger partial charge in [-0.15, -0.1) is 12.4 Å². The van der Waals surface area contributed by atoms with Gasteiger partial charge in [0, 0.05) is 31.1 Å². The van der Waals surface area contributed by atoms with Crippen molar-refractivity contribution in [2.75, 3.05) is 19.6 Å². The number of nitrogens with zero attached hydrogens (tertiary/aromatic N) is 1. The molecule has 5 nitrogen and oxygen atoms in total. The Morgan fingerprint density at radius 3 is 2.50 bits per heavy atom. The number of carbonyl (C=O) groups excluding carboxylic acids is 2. The lowest BCUT2D eigenvalue weighted by Gasteiger charge is -2.36. The number of likely N-dealkylation sites (tertiary alicyclic amines) is 1. The zero-order valence-corrected chi connectivity index (χ0v) is 13.8. The van der Waals surface area contributed by atoms with Crippen molar-refractivity contribution >= 4 is 24.2 Å². The first-order valence-corrected chi connectivity index (χ1v) is 7.05. The Labute approximate surface area is 128 Å². The topological polar surface area (TPSA) is 75.4 Å². The molecule has 20 heavy (non-hydrogen) atoms. The van der Waals surface area contributed by atoms with Crippen LogP contribution in [0.5, 0.6) is 0 Å². The van der Waals surface area contributed by atoms with E-state index in [1.54, 1.807) is 0 Å². The predicted molar refractivity (Wildman–Crippen MR) is 82.7 cm³/mol. The lowest BCUT2D eigenvalue weighted by molar-refractivity contribution is -0.142. The fourth-order valence-electron chi connectivity index (χ4n) is 2.27. The highest BCUT2D eigenvalue weighted by atomic mass is 35.5. The molecule has 118 valence electrons. The molecular formula is C14H28ClN3O2. The van der Waals surface area contributed by atoms with Crippen molar-refractivity contribution in [3.05, 3.63) is 0 Å². The molecule has 0 radical (unpaired) electrons. The molecule has 0 saturated carbocycles. The monoisotopic (exact) mass is 305 g/mol. The first-order valence-electron chi connectivity index (χ1n) is 7.05. The maximum absolute atomic E-state index is 12.2. The second-order valence-corrected chi connectivity index (χ2v) is 6.49. The number of hydrogen-bond acceptors (Lipinski definition) is 3. The number of amides is 2. The summed E-state index contributed by atoms with van der Waals surface area (Å²) in [6.45, 7) is 9.34. The van der Waals surface area contributed by atoms with E-state index in [1.807, 2.05) is 32.6 Å². The lowest BCUT2D eigenvalue weighted by atomic mass is 9.91. The average Bonchev–Trinajstić information content (AvgIpc) is 2.36. The van der Waals surface area contributed by atoms with E-state index in [9.17, 15) is 9.59 Å². The van der Waals surface area contributed by atoms with Crippen molar-refractivity contribution in [3.8, 4) is 0 Å². The first-order chi connectivity index (χ1) is 8.75. The fraction of sp³-hybridized carbons (Fsp3) is 0.857. The van der Waals surface area contributed by atoms with Crippen molar-refractivity contribution in [3.63, 3.8) is 0 Å². The van der Waals surface area contributed by atoms with Crippen LogP contribution < -0.4 is 11.1 Å². The Kier molecular flexibility index (Phi) is 7.52. The van der Waals surface area contributed by atoms with Gasteiger partial charge in [0.15, 0.2) is 0 Å². The van der Waals surface area contributed by atoms with Gasteiger partial charge in [-0.3, -0.25) is 9.59 Å². The van der Waals surface area contributed by atoms with Crippen molar-refractivity contribution in [2.45, 2.75) is 46.6 Å². The van der Waals surface area contributed by atoms with Crippen molar-refractivity contribution in [1.29, 1.82) is 0 Å². The van der Waals surface area contributed by atoms with E-state index in [1.165, 1.54) is 0 Å². The molecule has 0 aliphatic carbocycles. The van der Waals surface area contributed by atoms with Gasteiger partial charge in [-0.1, -0.05) is 20.8 Å². The largest absolute Gasteiger partial charge is 0.352 e. The summed E-state index contributed by atoms with van der Waals surface area (Å²) < 4.78 is 0. The van der Waals surface area contributed by atoms with Crippen LogP contribution in [0.3, 0.4) is 0 Å². The Hall–Kier alpha value is -0.810. The van der Waals surface area contributed by atoms with Crippen LogP contribution in [0.1, 0.15) is 40.5 Å². The molecule has 0 aromatic heterocycles. The van der Waals surface area contributed by atoms with E-state index < -0.39 is 0 Å². The molecule has 2 atom stereocenters. The summed E-state index contributed by atoms with van der Waals surface area (Å²) >= 11 is 0. The Balaban J connectivity index is 0.00000361. The Morgan fingerprint density at radius 2 is 2.00 bits per heavy atom. The quantitative estimate of drug-likeness (QED) is 0.821. The molecular weight excluding hydrogens is 278 g/mol. The van der Waals surface area contributed by atoms with Crippen LogP contribution in [0.4, 0.5) is 0 Å². The minimum atomic E-state index is -0.386. The number of piperidine rings is 1. The molecule has 1 fully saturated rings. The lowest BCUT2D eigenvalue weighted by Crippen LogP contribution is -2.50. The highest BCUT2D eigenvalue weighted by Gasteiger charge is 2.33. The number of halogens is 1. The number of carbonyl (C=O) groups is 2. The summed E-state index contributed by atoms with van der Waals surface area (Å²) in [4.78, 5) is 26.1. The molecule has 0 aromatic carbocycles. The highest BCUT2D eigenvalue weighted by molar-refractivity contribution is 5.85. The van der Waals surface area contributed by atoms with Gasteiger partial charge in [-0.25, -0.2) is 0 Å². The van der Waals surface area contributed by atoms with E-state index in [-0.39, 0.29) is 41.6 Å². The van der Waals surface area contributed by atoms with Crippen LogP contribution in [0.2, 0.25) is 0 Å². The molecule has 1 aliphatic heterocycles. The molecule has 2 amide bonds. The van der Waals surface area contributed by atoms with Gasteiger partial charge in [0.2, 0.25) is 11.8 Å². The number of rotatable bonds is 3. The molecule has 1 unspecified atom stereocenters. The summed E-state index contributed by atoms with van der Waals surface area (Å²) in [6, 6.07) is -0.0128. The molecule has 6 heteroatoms. The van der Waals surface area contributed by atoms with Crippen LogP contribution in [0.25, 0.3) is 0 Å². The smallest absolute Gasteiger partial charge is 0.227 e. The maximum atomic E-state index is 12.2. The second kappa shape index (κ2) is 7.84. The number of nitrogens with one attached hydrogen (secondary N) is 1. The highest BCUT2D eigenvalue weighted by Crippen LogP contribution is 2.23. The minimum absolute atomic E-state index is 0. The van der Waals surface area contributed by atoms with E-state index in [0.29, 0.717) is 13.1 Å². The van der Waals surface area contributed by atoms with Gasteiger partial charge in [-0.2, -0.15) is 0 Å². The summed E-state index contributed by atoms with van der Waals surface area (Å²) in [7, 11) is 0. The predicted octanol–water partition coefficient (Wildman–Crippen LogP) is 1.16. The molecule has 0 bridgehead atoms. The molecule has 1 saturated heterocycles. The molecule has 1 heterocycles.